The summed E-state index contributed by atoms with van der Waals surface area (Å²) in [5.41, 5.74) is 20.4. The zero-order valence-corrected chi connectivity index (χ0v) is 15.4. The second kappa shape index (κ2) is 8.43. The fourth-order valence-electron chi connectivity index (χ4n) is 3.59. The van der Waals surface area contributed by atoms with E-state index < -0.39 is 0 Å². The van der Waals surface area contributed by atoms with Crippen LogP contribution in [0.3, 0.4) is 0 Å². The minimum absolute atomic E-state index is 0.0163. The van der Waals surface area contributed by atoms with E-state index in [1.165, 1.54) is 33.4 Å². The van der Waals surface area contributed by atoms with E-state index in [-0.39, 0.29) is 12.1 Å². The van der Waals surface area contributed by atoms with Gasteiger partial charge in [-0.05, 0) is 74.0 Å². The smallest absolute Gasteiger partial charge is 0.0426 e. The second-order valence-corrected chi connectivity index (χ2v) is 6.82. The van der Waals surface area contributed by atoms with E-state index in [0.29, 0.717) is 0 Å². The first-order valence-corrected chi connectivity index (χ1v) is 8.76. The van der Waals surface area contributed by atoms with Gasteiger partial charge in [-0.1, -0.05) is 36.4 Å². The monoisotopic (exact) mass is 325 g/mol. The molecule has 0 aliphatic carbocycles. The van der Waals surface area contributed by atoms with E-state index in [4.69, 9.17) is 11.5 Å². The van der Waals surface area contributed by atoms with Gasteiger partial charge in [-0.3, -0.25) is 0 Å². The molecule has 2 rings (SSSR count). The summed E-state index contributed by atoms with van der Waals surface area (Å²) in [4.78, 5) is 0. The molecule has 130 valence electrons. The van der Waals surface area contributed by atoms with Crippen LogP contribution >= 0.6 is 0 Å². The van der Waals surface area contributed by atoms with Crippen LogP contribution in [-0.4, -0.2) is 13.1 Å². The first kappa shape index (κ1) is 18.7. The molecule has 0 saturated carbocycles. The lowest BCUT2D eigenvalue weighted by atomic mass is 9.94. The molecule has 0 aliphatic heterocycles. The van der Waals surface area contributed by atoms with Gasteiger partial charge < -0.3 is 16.8 Å². The maximum Gasteiger partial charge on any atom is 0.0426 e. The number of hydrogen-bond donors (Lipinski definition) is 3. The first-order chi connectivity index (χ1) is 11.4. The van der Waals surface area contributed by atoms with Gasteiger partial charge in [0.15, 0.2) is 0 Å². The molecule has 2 aromatic rings. The van der Waals surface area contributed by atoms with Crippen molar-refractivity contribution in [2.24, 2.45) is 11.5 Å². The number of benzene rings is 2. The van der Waals surface area contributed by atoms with Gasteiger partial charge in [-0.2, -0.15) is 0 Å². The number of nitrogens with one attached hydrogen (secondary N) is 1. The standard InChI is InChI=1S/C21H31N3/c1-14-7-5-8-15(2)20(14)18(22)11-12-24-13-19(23)21-16(3)9-6-10-17(21)4/h5-10,18-19,24H,11-13,22-23H2,1-4H3. The van der Waals surface area contributed by atoms with Gasteiger partial charge in [-0.25, -0.2) is 0 Å². The average Bonchev–Trinajstić information content (AvgIpc) is 2.51. The normalized spacial score (nSPS) is 13.8. The van der Waals surface area contributed by atoms with Crippen molar-refractivity contribution in [1.29, 1.82) is 0 Å². The van der Waals surface area contributed by atoms with Crippen molar-refractivity contribution in [2.75, 3.05) is 13.1 Å². The SMILES string of the molecule is Cc1cccc(C)c1C(N)CCNCC(N)c1c(C)cccc1C. The van der Waals surface area contributed by atoms with E-state index in [9.17, 15) is 0 Å². The van der Waals surface area contributed by atoms with Crippen LogP contribution in [0.25, 0.3) is 0 Å². The summed E-state index contributed by atoms with van der Waals surface area (Å²) in [6, 6.07) is 12.8. The molecule has 24 heavy (non-hydrogen) atoms. The topological polar surface area (TPSA) is 64.1 Å². The minimum atomic E-state index is 0.0163. The molecule has 0 radical (unpaired) electrons. The Morgan fingerprint density at radius 2 is 1.17 bits per heavy atom. The van der Waals surface area contributed by atoms with Gasteiger partial charge in [-0.15, -0.1) is 0 Å². The van der Waals surface area contributed by atoms with Crippen LogP contribution in [0.1, 0.15) is 51.9 Å². The minimum Gasteiger partial charge on any atom is -0.324 e. The third-order valence-electron chi connectivity index (χ3n) is 4.82. The zero-order valence-electron chi connectivity index (χ0n) is 15.4. The Labute approximate surface area is 146 Å². The molecule has 2 aromatic carbocycles. The van der Waals surface area contributed by atoms with E-state index >= 15 is 0 Å². The summed E-state index contributed by atoms with van der Waals surface area (Å²) in [5, 5.41) is 3.47. The lowest BCUT2D eigenvalue weighted by molar-refractivity contribution is 0.542. The van der Waals surface area contributed by atoms with Crippen molar-refractivity contribution in [2.45, 2.75) is 46.2 Å². The Hall–Kier alpha value is -1.68. The van der Waals surface area contributed by atoms with E-state index in [2.05, 4.69) is 69.4 Å². The number of nitrogens with two attached hydrogens (primary N) is 2. The first-order valence-electron chi connectivity index (χ1n) is 8.76. The highest BCUT2D eigenvalue weighted by atomic mass is 14.9. The molecular weight excluding hydrogens is 294 g/mol. The third kappa shape index (κ3) is 4.44. The highest BCUT2D eigenvalue weighted by molar-refractivity contribution is 5.37. The van der Waals surface area contributed by atoms with Crippen molar-refractivity contribution in [3.05, 3.63) is 69.8 Å². The van der Waals surface area contributed by atoms with Gasteiger partial charge in [0.2, 0.25) is 0 Å². The Bertz CT molecular complexity index is 579. The Balaban J connectivity index is 1.87. The summed E-state index contributed by atoms with van der Waals surface area (Å²) in [5.74, 6) is 0. The fraction of sp³-hybridized carbons (Fsp3) is 0.429. The van der Waals surface area contributed by atoms with Gasteiger partial charge in [0.05, 0.1) is 0 Å². The highest BCUT2D eigenvalue weighted by Crippen LogP contribution is 2.22. The summed E-state index contributed by atoms with van der Waals surface area (Å²) in [6.45, 7) is 10.1. The molecule has 2 unspecified atom stereocenters. The van der Waals surface area contributed by atoms with Gasteiger partial charge in [0, 0.05) is 18.6 Å². The summed E-state index contributed by atoms with van der Waals surface area (Å²) >= 11 is 0. The largest absolute Gasteiger partial charge is 0.324 e. The number of aryl methyl sites for hydroxylation is 4. The van der Waals surface area contributed by atoms with Crippen LogP contribution < -0.4 is 16.8 Å². The van der Waals surface area contributed by atoms with Crippen molar-refractivity contribution in [1.82, 2.24) is 5.32 Å². The predicted molar refractivity (Wildman–Crippen MR) is 103 cm³/mol. The number of hydrogen-bond acceptors (Lipinski definition) is 3. The molecular formula is C21H31N3. The molecule has 0 aromatic heterocycles. The van der Waals surface area contributed by atoms with Crippen molar-refractivity contribution in [3.8, 4) is 0 Å². The molecule has 0 heterocycles. The molecule has 0 saturated heterocycles. The number of rotatable bonds is 7. The molecule has 2 atom stereocenters. The van der Waals surface area contributed by atoms with Gasteiger partial charge in [0.1, 0.15) is 0 Å². The second-order valence-electron chi connectivity index (χ2n) is 6.82. The van der Waals surface area contributed by atoms with Crippen LogP contribution in [-0.2, 0) is 0 Å². The Morgan fingerprint density at radius 1 is 0.750 bits per heavy atom. The van der Waals surface area contributed by atoms with Crippen molar-refractivity contribution < 1.29 is 0 Å². The van der Waals surface area contributed by atoms with E-state index in [1.54, 1.807) is 0 Å². The van der Waals surface area contributed by atoms with Gasteiger partial charge in [0.25, 0.3) is 0 Å². The van der Waals surface area contributed by atoms with E-state index in [1.807, 2.05) is 0 Å². The summed E-state index contributed by atoms with van der Waals surface area (Å²) in [7, 11) is 0. The lowest BCUT2D eigenvalue weighted by Crippen LogP contribution is -2.30. The molecule has 5 N–H and O–H groups in total. The lowest BCUT2D eigenvalue weighted by Gasteiger charge is -2.20. The molecule has 0 aliphatic rings. The van der Waals surface area contributed by atoms with Crippen molar-refractivity contribution >= 4 is 0 Å². The van der Waals surface area contributed by atoms with Crippen LogP contribution in [0.4, 0.5) is 0 Å². The summed E-state index contributed by atoms with van der Waals surface area (Å²) < 4.78 is 0. The molecule has 0 fully saturated rings. The van der Waals surface area contributed by atoms with Gasteiger partial charge >= 0.3 is 0 Å². The quantitative estimate of drug-likeness (QED) is 0.682. The van der Waals surface area contributed by atoms with Crippen LogP contribution in [0.2, 0.25) is 0 Å². The Kier molecular flexibility index (Phi) is 6.55. The molecule has 3 nitrogen and oxygen atoms in total. The maximum atomic E-state index is 6.40. The fourth-order valence-corrected chi connectivity index (χ4v) is 3.59. The molecule has 0 bridgehead atoms. The average molecular weight is 326 g/mol. The molecule has 0 spiro atoms. The van der Waals surface area contributed by atoms with Crippen molar-refractivity contribution in [3.63, 3.8) is 0 Å². The third-order valence-corrected chi connectivity index (χ3v) is 4.82. The Morgan fingerprint density at radius 3 is 1.62 bits per heavy atom. The maximum absolute atomic E-state index is 6.40. The summed E-state index contributed by atoms with van der Waals surface area (Å²) in [6.07, 6.45) is 0.908. The van der Waals surface area contributed by atoms with Crippen LogP contribution in [0, 0.1) is 27.7 Å². The van der Waals surface area contributed by atoms with Crippen LogP contribution in [0.15, 0.2) is 36.4 Å². The molecule has 3 heteroatoms. The zero-order chi connectivity index (χ0) is 17.7. The highest BCUT2D eigenvalue weighted by Gasteiger charge is 2.13. The predicted octanol–water partition coefficient (Wildman–Crippen LogP) is 3.60. The molecule has 0 amide bonds. The van der Waals surface area contributed by atoms with Crippen LogP contribution in [0.5, 0.6) is 0 Å². The van der Waals surface area contributed by atoms with E-state index in [0.717, 1.165) is 19.5 Å².